The second-order valence-corrected chi connectivity index (χ2v) is 5.22. The van der Waals surface area contributed by atoms with Crippen LogP contribution in [0.3, 0.4) is 0 Å². The minimum Gasteiger partial charge on any atom is -0.481 e. The molecule has 0 unspecified atom stereocenters. The Kier molecular flexibility index (Phi) is 4.89. The summed E-state index contributed by atoms with van der Waals surface area (Å²) >= 11 is 0. The molecule has 1 aromatic heterocycles. The summed E-state index contributed by atoms with van der Waals surface area (Å²) in [5, 5.41) is 0. The Morgan fingerprint density at radius 1 is 1.04 bits per heavy atom. The van der Waals surface area contributed by atoms with Gasteiger partial charge < -0.3 is 14.5 Å². The summed E-state index contributed by atoms with van der Waals surface area (Å²) in [7, 11) is 1.23. The summed E-state index contributed by atoms with van der Waals surface area (Å²) < 4.78 is 10.3. The van der Waals surface area contributed by atoms with Gasteiger partial charge in [0.05, 0.1) is 7.11 Å². The fraction of sp³-hybridized carbons (Fsp3) is 0.105. The molecule has 0 aliphatic rings. The molecule has 1 N–H and O–H groups in total. The standard InChI is InChI=1S/C19H16N2O4/c1-24-19(23)15-16(25-12-13-8-4-2-5-9-13)18(22)21-17(20-15)14-10-6-3-7-11-14/h2-11H,12H2,1H3,(H,20,21,22). The van der Waals surface area contributed by atoms with E-state index in [1.807, 2.05) is 48.5 Å². The highest BCUT2D eigenvalue weighted by Crippen LogP contribution is 2.19. The highest BCUT2D eigenvalue weighted by atomic mass is 16.5. The van der Waals surface area contributed by atoms with Crippen molar-refractivity contribution in [3.8, 4) is 17.1 Å². The number of carbonyl (C=O) groups excluding carboxylic acids is 1. The van der Waals surface area contributed by atoms with Crippen LogP contribution in [0.15, 0.2) is 65.5 Å². The number of ether oxygens (including phenoxy) is 2. The van der Waals surface area contributed by atoms with Gasteiger partial charge in [0.1, 0.15) is 12.4 Å². The molecule has 3 rings (SSSR count). The zero-order chi connectivity index (χ0) is 17.6. The van der Waals surface area contributed by atoms with Gasteiger partial charge in [-0.1, -0.05) is 60.7 Å². The number of esters is 1. The number of hydrogen-bond acceptors (Lipinski definition) is 5. The Morgan fingerprint density at radius 3 is 2.32 bits per heavy atom. The van der Waals surface area contributed by atoms with E-state index in [0.717, 1.165) is 5.56 Å². The van der Waals surface area contributed by atoms with Crippen molar-refractivity contribution in [1.82, 2.24) is 9.97 Å². The third-order valence-corrected chi connectivity index (χ3v) is 3.53. The lowest BCUT2D eigenvalue weighted by molar-refractivity contribution is 0.0587. The first-order valence-corrected chi connectivity index (χ1v) is 7.64. The van der Waals surface area contributed by atoms with E-state index < -0.39 is 11.5 Å². The smallest absolute Gasteiger partial charge is 0.360 e. The predicted molar refractivity (Wildman–Crippen MR) is 92.4 cm³/mol. The second-order valence-electron chi connectivity index (χ2n) is 5.22. The summed E-state index contributed by atoms with van der Waals surface area (Å²) in [6.45, 7) is 0.139. The first-order chi connectivity index (χ1) is 12.2. The topological polar surface area (TPSA) is 81.3 Å². The van der Waals surface area contributed by atoms with Crippen LogP contribution in [0.1, 0.15) is 16.1 Å². The number of hydrogen-bond donors (Lipinski definition) is 1. The van der Waals surface area contributed by atoms with E-state index >= 15 is 0 Å². The van der Waals surface area contributed by atoms with Crippen molar-refractivity contribution in [2.75, 3.05) is 7.11 Å². The Morgan fingerprint density at radius 2 is 1.68 bits per heavy atom. The number of rotatable bonds is 5. The van der Waals surface area contributed by atoms with Gasteiger partial charge in [0.25, 0.3) is 5.56 Å². The van der Waals surface area contributed by atoms with Crippen molar-refractivity contribution in [1.29, 1.82) is 0 Å². The lowest BCUT2D eigenvalue weighted by Gasteiger charge is -2.10. The van der Waals surface area contributed by atoms with Gasteiger partial charge in [-0.3, -0.25) is 4.79 Å². The van der Waals surface area contributed by atoms with Crippen molar-refractivity contribution in [3.63, 3.8) is 0 Å². The van der Waals surface area contributed by atoms with Crippen molar-refractivity contribution in [2.24, 2.45) is 0 Å². The zero-order valence-corrected chi connectivity index (χ0v) is 13.6. The molecule has 0 aliphatic heterocycles. The molecule has 6 nitrogen and oxygen atoms in total. The molecular weight excluding hydrogens is 320 g/mol. The number of nitrogens with zero attached hydrogens (tertiary/aromatic N) is 1. The fourth-order valence-electron chi connectivity index (χ4n) is 2.29. The Bertz CT molecular complexity index is 921. The van der Waals surface area contributed by atoms with E-state index in [1.54, 1.807) is 12.1 Å². The number of carbonyl (C=O) groups is 1. The maximum Gasteiger partial charge on any atom is 0.360 e. The maximum atomic E-state index is 12.4. The SMILES string of the molecule is COC(=O)c1nc(-c2ccccc2)[nH]c(=O)c1OCc1ccccc1. The normalized spacial score (nSPS) is 10.3. The molecule has 2 aromatic carbocycles. The van der Waals surface area contributed by atoms with Gasteiger partial charge in [0.15, 0.2) is 5.69 Å². The van der Waals surface area contributed by atoms with Gasteiger partial charge in [0.2, 0.25) is 5.75 Å². The number of nitrogens with one attached hydrogen (secondary N) is 1. The van der Waals surface area contributed by atoms with Crippen LogP contribution in [-0.2, 0) is 11.3 Å². The molecule has 0 saturated heterocycles. The van der Waals surface area contributed by atoms with Crippen LogP contribution in [0.4, 0.5) is 0 Å². The summed E-state index contributed by atoms with van der Waals surface area (Å²) in [5.41, 5.74) is 0.857. The third kappa shape index (κ3) is 3.74. The Labute approximate surface area is 144 Å². The highest BCUT2D eigenvalue weighted by Gasteiger charge is 2.21. The summed E-state index contributed by atoms with van der Waals surface area (Å²) in [6, 6.07) is 18.4. The first-order valence-electron chi connectivity index (χ1n) is 7.64. The summed E-state index contributed by atoms with van der Waals surface area (Å²) in [4.78, 5) is 31.4. The largest absolute Gasteiger partial charge is 0.481 e. The van der Waals surface area contributed by atoms with Crippen molar-refractivity contribution in [2.45, 2.75) is 6.61 Å². The van der Waals surface area contributed by atoms with E-state index in [9.17, 15) is 9.59 Å². The van der Waals surface area contributed by atoms with Crippen LogP contribution in [0.25, 0.3) is 11.4 Å². The van der Waals surface area contributed by atoms with Crippen LogP contribution in [0.5, 0.6) is 5.75 Å². The van der Waals surface area contributed by atoms with Crippen molar-refractivity contribution >= 4 is 5.97 Å². The monoisotopic (exact) mass is 336 g/mol. The number of H-pyrrole nitrogens is 1. The number of benzene rings is 2. The summed E-state index contributed by atoms with van der Waals surface area (Å²) in [6.07, 6.45) is 0. The summed E-state index contributed by atoms with van der Waals surface area (Å²) in [5.74, 6) is -0.611. The van der Waals surface area contributed by atoms with Crippen molar-refractivity contribution in [3.05, 3.63) is 82.3 Å². The molecule has 6 heteroatoms. The van der Waals surface area contributed by atoms with Gasteiger partial charge in [-0.2, -0.15) is 0 Å². The number of aromatic amines is 1. The van der Waals surface area contributed by atoms with Crippen LogP contribution in [-0.4, -0.2) is 23.0 Å². The Hall–Kier alpha value is -3.41. The van der Waals surface area contributed by atoms with Crippen LogP contribution >= 0.6 is 0 Å². The molecule has 0 radical (unpaired) electrons. The highest BCUT2D eigenvalue weighted by molar-refractivity contribution is 5.90. The first kappa shape index (κ1) is 16.4. The van der Waals surface area contributed by atoms with Crippen LogP contribution in [0, 0.1) is 0 Å². The van der Waals surface area contributed by atoms with Crippen molar-refractivity contribution < 1.29 is 14.3 Å². The minimum absolute atomic E-state index is 0.139. The van der Waals surface area contributed by atoms with Crippen LogP contribution in [0.2, 0.25) is 0 Å². The van der Waals surface area contributed by atoms with E-state index in [-0.39, 0.29) is 23.9 Å². The molecule has 0 bridgehead atoms. The average molecular weight is 336 g/mol. The molecule has 1 heterocycles. The van der Waals surface area contributed by atoms with E-state index in [0.29, 0.717) is 5.56 Å². The molecule has 0 amide bonds. The molecule has 0 fully saturated rings. The zero-order valence-electron chi connectivity index (χ0n) is 13.6. The Balaban J connectivity index is 1.99. The minimum atomic E-state index is -0.730. The van der Waals surface area contributed by atoms with Gasteiger partial charge in [0, 0.05) is 5.56 Å². The fourth-order valence-corrected chi connectivity index (χ4v) is 2.29. The van der Waals surface area contributed by atoms with Gasteiger partial charge >= 0.3 is 5.97 Å². The molecule has 25 heavy (non-hydrogen) atoms. The molecule has 0 saturated carbocycles. The molecular formula is C19H16N2O4. The molecule has 3 aromatic rings. The second kappa shape index (κ2) is 7.44. The number of methoxy groups -OCH3 is 1. The lowest BCUT2D eigenvalue weighted by atomic mass is 10.2. The lowest BCUT2D eigenvalue weighted by Crippen LogP contribution is -2.20. The quantitative estimate of drug-likeness (QED) is 0.725. The maximum absolute atomic E-state index is 12.4. The molecule has 126 valence electrons. The van der Waals surface area contributed by atoms with E-state index in [2.05, 4.69) is 9.97 Å². The van der Waals surface area contributed by atoms with Gasteiger partial charge in [-0.25, -0.2) is 9.78 Å². The molecule has 0 atom stereocenters. The van der Waals surface area contributed by atoms with E-state index in [4.69, 9.17) is 9.47 Å². The molecule has 0 aliphatic carbocycles. The average Bonchev–Trinajstić information content (AvgIpc) is 2.67. The number of aromatic nitrogens is 2. The van der Waals surface area contributed by atoms with Crippen LogP contribution < -0.4 is 10.3 Å². The van der Waals surface area contributed by atoms with E-state index in [1.165, 1.54) is 7.11 Å². The molecule has 0 spiro atoms. The van der Waals surface area contributed by atoms with Gasteiger partial charge in [-0.15, -0.1) is 0 Å². The predicted octanol–water partition coefficient (Wildman–Crippen LogP) is 2.80. The third-order valence-electron chi connectivity index (χ3n) is 3.53. The van der Waals surface area contributed by atoms with Gasteiger partial charge in [-0.05, 0) is 5.56 Å².